The Morgan fingerprint density at radius 3 is 2.67 bits per heavy atom. The van der Waals surface area contributed by atoms with Crippen molar-refractivity contribution in [3.05, 3.63) is 0 Å². The van der Waals surface area contributed by atoms with Crippen molar-refractivity contribution in [3.63, 3.8) is 0 Å². The molecule has 12 heavy (non-hydrogen) atoms. The van der Waals surface area contributed by atoms with Crippen LogP contribution >= 0.6 is 0 Å². The molecular weight excluding hydrogens is 149 g/mol. The molecule has 0 N–H and O–H groups in total. The highest BCUT2D eigenvalue weighted by Gasteiger charge is 2.57. The summed E-state index contributed by atoms with van der Waals surface area (Å²) in [7, 11) is 8.04. The number of morpholine rings is 1. The number of rotatable bonds is 1. The first kappa shape index (κ1) is 8.58. The molecule has 0 amide bonds. The van der Waals surface area contributed by atoms with Crippen LogP contribution in [0.3, 0.4) is 0 Å². The molecule has 0 aliphatic carbocycles. The van der Waals surface area contributed by atoms with Crippen LogP contribution in [-0.2, 0) is 4.74 Å². The highest BCUT2D eigenvalue weighted by Crippen LogP contribution is 2.46. The van der Waals surface area contributed by atoms with Gasteiger partial charge in [-0.2, -0.15) is 0 Å². The molecule has 2 fully saturated rings. The standard InChI is InChI=1S/C9H16BNO/c1-4-9-5-11(3)7(6(9)2)8(10)12-9/h6-8H,4-5H2,1-3H3/t6-,7?,8-,9+/m1/s1. The highest BCUT2D eigenvalue weighted by atomic mass is 16.5. The fourth-order valence-electron chi connectivity index (χ4n) is 2.90. The van der Waals surface area contributed by atoms with Crippen molar-refractivity contribution in [2.24, 2.45) is 5.92 Å². The molecule has 2 nitrogen and oxygen atoms in total. The van der Waals surface area contributed by atoms with Crippen LogP contribution in [0.4, 0.5) is 0 Å². The van der Waals surface area contributed by atoms with Gasteiger partial charge in [-0.25, -0.2) is 0 Å². The summed E-state index contributed by atoms with van der Waals surface area (Å²) < 4.78 is 5.82. The quantitative estimate of drug-likeness (QED) is 0.528. The third-order valence-electron chi connectivity index (χ3n) is 3.67. The summed E-state index contributed by atoms with van der Waals surface area (Å²) in [5.41, 5.74) is 0.0544. The topological polar surface area (TPSA) is 12.5 Å². The maximum atomic E-state index is 5.90. The molecule has 2 aliphatic heterocycles. The zero-order valence-electron chi connectivity index (χ0n) is 8.08. The van der Waals surface area contributed by atoms with E-state index in [-0.39, 0.29) is 11.6 Å². The molecule has 2 bridgehead atoms. The lowest BCUT2D eigenvalue weighted by atomic mass is 9.84. The summed E-state index contributed by atoms with van der Waals surface area (Å²) in [6.07, 6.45) is 1.07. The fraction of sp³-hybridized carbons (Fsp3) is 1.00. The van der Waals surface area contributed by atoms with E-state index >= 15 is 0 Å². The van der Waals surface area contributed by atoms with E-state index in [9.17, 15) is 0 Å². The molecular formula is C9H16BNO. The van der Waals surface area contributed by atoms with Gasteiger partial charge in [0.25, 0.3) is 0 Å². The lowest BCUT2D eigenvalue weighted by molar-refractivity contribution is -0.0657. The lowest BCUT2D eigenvalue weighted by Crippen LogP contribution is -2.45. The Bertz CT molecular complexity index is 185. The summed E-state index contributed by atoms with van der Waals surface area (Å²) in [6, 6.07) is 0.364. The molecule has 0 saturated carbocycles. The minimum Gasteiger partial charge on any atom is -0.378 e. The Morgan fingerprint density at radius 2 is 2.33 bits per heavy atom. The van der Waals surface area contributed by atoms with Crippen LogP contribution in [0.25, 0.3) is 0 Å². The molecule has 66 valence electrons. The van der Waals surface area contributed by atoms with Crippen LogP contribution in [0.15, 0.2) is 0 Å². The van der Waals surface area contributed by atoms with E-state index in [1.165, 1.54) is 0 Å². The van der Waals surface area contributed by atoms with Crippen molar-refractivity contribution in [2.75, 3.05) is 13.6 Å². The second-order valence-electron chi connectivity index (χ2n) is 4.20. The Morgan fingerprint density at radius 1 is 1.67 bits per heavy atom. The number of fused-ring (bicyclic) bond motifs is 2. The van der Waals surface area contributed by atoms with E-state index in [0.29, 0.717) is 12.0 Å². The largest absolute Gasteiger partial charge is 0.378 e. The molecule has 2 saturated heterocycles. The van der Waals surface area contributed by atoms with Crippen molar-refractivity contribution >= 4 is 7.85 Å². The van der Waals surface area contributed by atoms with Crippen LogP contribution in [0.2, 0.25) is 0 Å². The number of ether oxygens (including phenoxy) is 1. The maximum Gasteiger partial charge on any atom is 0.111 e. The molecule has 2 radical (unpaired) electrons. The van der Waals surface area contributed by atoms with Crippen LogP contribution in [0, 0.1) is 5.92 Å². The van der Waals surface area contributed by atoms with Crippen molar-refractivity contribution in [1.82, 2.24) is 4.90 Å². The van der Waals surface area contributed by atoms with Gasteiger partial charge in [0.05, 0.1) is 5.60 Å². The van der Waals surface area contributed by atoms with Gasteiger partial charge >= 0.3 is 0 Å². The third-order valence-corrected chi connectivity index (χ3v) is 3.67. The van der Waals surface area contributed by atoms with Crippen molar-refractivity contribution in [2.45, 2.75) is 37.9 Å². The monoisotopic (exact) mass is 165 g/mol. The van der Waals surface area contributed by atoms with Crippen molar-refractivity contribution in [1.29, 1.82) is 0 Å². The van der Waals surface area contributed by atoms with Gasteiger partial charge in [0.2, 0.25) is 0 Å². The lowest BCUT2D eigenvalue weighted by Gasteiger charge is -2.34. The van der Waals surface area contributed by atoms with Gasteiger partial charge in [-0.3, -0.25) is 4.90 Å². The molecule has 2 rings (SSSR count). The Kier molecular flexibility index (Phi) is 1.78. The molecule has 3 heteroatoms. The van der Waals surface area contributed by atoms with Crippen LogP contribution < -0.4 is 0 Å². The third kappa shape index (κ3) is 0.840. The normalized spacial score (nSPS) is 53.4. The van der Waals surface area contributed by atoms with Crippen molar-refractivity contribution < 1.29 is 4.74 Å². The summed E-state index contributed by atoms with van der Waals surface area (Å²) in [4.78, 5) is 2.34. The van der Waals surface area contributed by atoms with E-state index in [1.54, 1.807) is 0 Å². The predicted octanol–water partition coefficient (Wildman–Crippen LogP) is 0.610. The van der Waals surface area contributed by atoms with Gasteiger partial charge < -0.3 is 4.74 Å². The second-order valence-corrected chi connectivity index (χ2v) is 4.20. The summed E-state index contributed by atoms with van der Waals surface area (Å²) in [6.45, 7) is 5.48. The summed E-state index contributed by atoms with van der Waals surface area (Å²) >= 11 is 0. The Hall–Kier alpha value is -0.0151. The van der Waals surface area contributed by atoms with Gasteiger partial charge in [-0.15, -0.1) is 0 Å². The first-order valence-corrected chi connectivity index (χ1v) is 4.74. The van der Waals surface area contributed by atoms with Crippen LogP contribution in [0.1, 0.15) is 20.3 Å². The minimum atomic E-state index is -0.0706. The molecule has 4 atom stereocenters. The van der Waals surface area contributed by atoms with E-state index < -0.39 is 0 Å². The molecule has 2 aliphatic rings. The average molecular weight is 165 g/mol. The molecule has 0 spiro atoms. The number of hydrogen-bond acceptors (Lipinski definition) is 2. The fourth-order valence-corrected chi connectivity index (χ4v) is 2.90. The molecule has 1 unspecified atom stereocenters. The first-order valence-electron chi connectivity index (χ1n) is 4.74. The second kappa shape index (κ2) is 2.49. The Balaban J connectivity index is 2.28. The zero-order valence-corrected chi connectivity index (χ0v) is 8.08. The minimum absolute atomic E-state index is 0.0544. The zero-order chi connectivity index (χ0) is 8.93. The number of likely N-dealkylation sites (tertiary alicyclic amines) is 1. The van der Waals surface area contributed by atoms with Crippen LogP contribution in [-0.4, -0.2) is 44.0 Å². The van der Waals surface area contributed by atoms with Crippen LogP contribution in [0.5, 0.6) is 0 Å². The maximum absolute atomic E-state index is 5.90. The SMILES string of the molecule is [B][C@@H]1O[C@@]2(CC)CN(C)C1[C@H]2C. The van der Waals surface area contributed by atoms with Gasteiger partial charge in [0, 0.05) is 24.5 Å². The van der Waals surface area contributed by atoms with E-state index in [4.69, 9.17) is 12.6 Å². The predicted molar refractivity (Wildman–Crippen MR) is 49.2 cm³/mol. The van der Waals surface area contributed by atoms with Gasteiger partial charge in [0.1, 0.15) is 7.85 Å². The van der Waals surface area contributed by atoms with Crippen molar-refractivity contribution in [3.8, 4) is 0 Å². The van der Waals surface area contributed by atoms with E-state index in [1.807, 2.05) is 0 Å². The van der Waals surface area contributed by atoms with E-state index in [2.05, 4.69) is 25.8 Å². The summed E-state index contributed by atoms with van der Waals surface area (Å²) in [5.74, 6) is 0.586. The van der Waals surface area contributed by atoms with Gasteiger partial charge in [-0.05, 0) is 13.5 Å². The average Bonchev–Trinajstić information content (AvgIpc) is 2.37. The first-order chi connectivity index (χ1) is 5.60. The van der Waals surface area contributed by atoms with Gasteiger partial charge in [0.15, 0.2) is 0 Å². The summed E-state index contributed by atoms with van der Waals surface area (Å²) in [5, 5.41) is 0. The van der Waals surface area contributed by atoms with Gasteiger partial charge in [-0.1, -0.05) is 13.8 Å². The number of hydrogen-bond donors (Lipinski definition) is 0. The smallest absolute Gasteiger partial charge is 0.111 e. The van der Waals surface area contributed by atoms with E-state index in [0.717, 1.165) is 13.0 Å². The molecule has 2 heterocycles. The molecule has 0 aromatic heterocycles. The Labute approximate surface area is 75.7 Å². The molecule has 0 aromatic carbocycles. The number of nitrogens with zero attached hydrogens (tertiary/aromatic N) is 1. The highest BCUT2D eigenvalue weighted by molar-refractivity contribution is 6.11. The molecule has 0 aromatic rings. The number of likely N-dealkylation sites (N-methyl/N-ethyl adjacent to an activating group) is 1.